The second-order valence-electron chi connectivity index (χ2n) is 4.06. The van der Waals surface area contributed by atoms with Crippen molar-refractivity contribution in [2.45, 2.75) is 27.2 Å². The Labute approximate surface area is 103 Å². The molecule has 4 nitrogen and oxygen atoms in total. The number of anilines is 1. The zero-order chi connectivity index (χ0) is 12.8. The van der Waals surface area contributed by atoms with Crippen molar-refractivity contribution in [3.05, 3.63) is 29.3 Å². The molecule has 0 heterocycles. The number of hydrogen-bond donors (Lipinski definition) is 2. The molecule has 4 heteroatoms. The zero-order valence-electron chi connectivity index (χ0n) is 10.8. The molecule has 0 saturated carbocycles. The fourth-order valence-corrected chi connectivity index (χ4v) is 1.81. The minimum absolute atomic E-state index is 0.0843. The van der Waals surface area contributed by atoms with Gasteiger partial charge in [0.25, 0.3) is 5.91 Å². The Morgan fingerprint density at radius 1 is 1.41 bits per heavy atom. The molecular formula is C13H21N3O. The number of aryl methyl sites for hydroxylation is 1. The van der Waals surface area contributed by atoms with Crippen LogP contribution in [-0.4, -0.2) is 23.9 Å². The number of hydrazine groups is 1. The first-order valence-corrected chi connectivity index (χ1v) is 6.00. The quantitative estimate of drug-likeness (QED) is 0.607. The monoisotopic (exact) mass is 235 g/mol. The smallest absolute Gasteiger partial charge is 0.253 e. The lowest BCUT2D eigenvalue weighted by Crippen LogP contribution is -2.31. The van der Waals surface area contributed by atoms with Crippen molar-refractivity contribution >= 4 is 11.6 Å². The fraction of sp³-hybridized carbons (Fsp3) is 0.462. The first-order valence-electron chi connectivity index (χ1n) is 6.00. The Morgan fingerprint density at radius 3 is 2.59 bits per heavy atom. The number of amides is 1. The van der Waals surface area contributed by atoms with Crippen molar-refractivity contribution in [3.63, 3.8) is 0 Å². The highest BCUT2D eigenvalue weighted by atomic mass is 16.2. The third-order valence-electron chi connectivity index (χ3n) is 2.79. The maximum absolute atomic E-state index is 12.2. The Bertz CT molecular complexity index is 390. The topological polar surface area (TPSA) is 58.4 Å². The van der Waals surface area contributed by atoms with E-state index in [1.165, 1.54) is 0 Å². The van der Waals surface area contributed by atoms with Crippen molar-refractivity contribution in [1.29, 1.82) is 0 Å². The van der Waals surface area contributed by atoms with Crippen LogP contribution in [0.5, 0.6) is 0 Å². The Balaban J connectivity index is 2.92. The van der Waals surface area contributed by atoms with Crippen LogP contribution < -0.4 is 11.3 Å². The van der Waals surface area contributed by atoms with Gasteiger partial charge in [-0.25, -0.2) is 0 Å². The summed E-state index contributed by atoms with van der Waals surface area (Å²) in [7, 11) is 0. The van der Waals surface area contributed by atoms with E-state index in [2.05, 4.69) is 12.3 Å². The van der Waals surface area contributed by atoms with E-state index in [1.807, 2.05) is 36.9 Å². The van der Waals surface area contributed by atoms with Crippen LogP contribution in [0.4, 0.5) is 5.69 Å². The summed E-state index contributed by atoms with van der Waals surface area (Å²) in [6.07, 6.45) is 0.973. The van der Waals surface area contributed by atoms with Crippen LogP contribution in [0.1, 0.15) is 36.2 Å². The third kappa shape index (κ3) is 3.20. The van der Waals surface area contributed by atoms with Gasteiger partial charge >= 0.3 is 0 Å². The lowest BCUT2D eigenvalue weighted by molar-refractivity contribution is 0.0764. The van der Waals surface area contributed by atoms with E-state index in [4.69, 9.17) is 5.84 Å². The van der Waals surface area contributed by atoms with Crippen LogP contribution in [-0.2, 0) is 0 Å². The number of carbonyl (C=O) groups excluding carboxylic acids is 1. The summed E-state index contributed by atoms with van der Waals surface area (Å²) in [5, 5.41) is 0. The molecule has 0 unspecified atom stereocenters. The summed E-state index contributed by atoms with van der Waals surface area (Å²) in [4.78, 5) is 14.0. The summed E-state index contributed by atoms with van der Waals surface area (Å²) in [6.45, 7) is 7.54. The molecular weight excluding hydrogens is 214 g/mol. The normalized spacial score (nSPS) is 10.1. The van der Waals surface area contributed by atoms with Crippen molar-refractivity contribution in [1.82, 2.24) is 4.90 Å². The molecule has 0 aliphatic rings. The minimum atomic E-state index is 0.0843. The molecule has 94 valence electrons. The standard InChI is InChI=1S/C13H21N3O/c1-4-8-16(5-2)13(17)11-6-7-12(15-14)10(3)9-11/h6-7,9,15H,4-5,8,14H2,1-3H3. The van der Waals surface area contributed by atoms with Crippen molar-refractivity contribution in [3.8, 4) is 0 Å². The van der Waals surface area contributed by atoms with Crippen LogP contribution in [0.2, 0.25) is 0 Å². The summed E-state index contributed by atoms with van der Waals surface area (Å²) < 4.78 is 0. The number of hydrogen-bond acceptors (Lipinski definition) is 3. The fourth-order valence-electron chi connectivity index (χ4n) is 1.81. The average molecular weight is 235 g/mol. The number of nitrogens with two attached hydrogens (primary N) is 1. The van der Waals surface area contributed by atoms with Crippen molar-refractivity contribution < 1.29 is 4.79 Å². The van der Waals surface area contributed by atoms with Crippen LogP contribution in [0, 0.1) is 6.92 Å². The molecule has 0 bridgehead atoms. The van der Waals surface area contributed by atoms with E-state index >= 15 is 0 Å². The van der Waals surface area contributed by atoms with Crippen molar-refractivity contribution in [2.75, 3.05) is 18.5 Å². The first kappa shape index (κ1) is 13.5. The number of nitrogens with zero attached hydrogens (tertiary/aromatic N) is 1. The summed E-state index contributed by atoms with van der Waals surface area (Å²) >= 11 is 0. The number of nitrogen functional groups attached to an aromatic ring is 1. The lowest BCUT2D eigenvalue weighted by atomic mass is 10.1. The van der Waals surface area contributed by atoms with E-state index in [0.29, 0.717) is 0 Å². The lowest BCUT2D eigenvalue weighted by Gasteiger charge is -2.20. The predicted molar refractivity (Wildman–Crippen MR) is 70.9 cm³/mol. The largest absolute Gasteiger partial charge is 0.339 e. The van der Waals surface area contributed by atoms with Crippen LogP contribution in [0.15, 0.2) is 18.2 Å². The van der Waals surface area contributed by atoms with Crippen LogP contribution in [0.25, 0.3) is 0 Å². The predicted octanol–water partition coefficient (Wildman–Crippen LogP) is 2.15. The maximum Gasteiger partial charge on any atom is 0.253 e. The van der Waals surface area contributed by atoms with E-state index in [1.54, 1.807) is 0 Å². The van der Waals surface area contributed by atoms with Gasteiger partial charge < -0.3 is 10.3 Å². The average Bonchev–Trinajstić information content (AvgIpc) is 2.35. The molecule has 0 saturated heterocycles. The van der Waals surface area contributed by atoms with Gasteiger partial charge in [0.05, 0.1) is 5.69 Å². The van der Waals surface area contributed by atoms with Gasteiger partial charge in [-0.1, -0.05) is 6.92 Å². The molecule has 17 heavy (non-hydrogen) atoms. The summed E-state index contributed by atoms with van der Waals surface area (Å²) in [5.74, 6) is 5.45. The SMILES string of the molecule is CCCN(CC)C(=O)c1ccc(NN)c(C)c1. The molecule has 0 radical (unpaired) electrons. The van der Waals surface area contributed by atoms with Crippen LogP contribution in [0.3, 0.4) is 0 Å². The third-order valence-corrected chi connectivity index (χ3v) is 2.79. The summed E-state index contributed by atoms with van der Waals surface area (Å²) in [5.41, 5.74) is 5.15. The molecule has 0 fully saturated rings. The Hall–Kier alpha value is -1.55. The highest BCUT2D eigenvalue weighted by Crippen LogP contribution is 2.16. The first-order chi connectivity index (χ1) is 8.13. The number of rotatable bonds is 5. The maximum atomic E-state index is 12.2. The van der Waals surface area contributed by atoms with Gasteiger partial charge in [-0.15, -0.1) is 0 Å². The van der Waals surface area contributed by atoms with E-state index < -0.39 is 0 Å². The number of carbonyl (C=O) groups is 1. The molecule has 0 spiro atoms. The molecule has 1 rings (SSSR count). The van der Waals surface area contributed by atoms with E-state index in [0.717, 1.165) is 36.3 Å². The molecule has 1 aromatic rings. The molecule has 0 aromatic heterocycles. The van der Waals surface area contributed by atoms with Gasteiger partial charge in [0.2, 0.25) is 0 Å². The minimum Gasteiger partial charge on any atom is -0.339 e. The molecule has 0 atom stereocenters. The Kier molecular flexibility index (Phi) is 4.97. The van der Waals surface area contributed by atoms with Crippen molar-refractivity contribution in [2.24, 2.45) is 5.84 Å². The van der Waals surface area contributed by atoms with Gasteiger partial charge in [0.1, 0.15) is 0 Å². The second-order valence-corrected chi connectivity index (χ2v) is 4.06. The Morgan fingerprint density at radius 2 is 2.12 bits per heavy atom. The molecule has 1 aromatic carbocycles. The van der Waals surface area contributed by atoms with Gasteiger partial charge in [-0.3, -0.25) is 10.6 Å². The van der Waals surface area contributed by atoms with Gasteiger partial charge in [-0.05, 0) is 44.0 Å². The van der Waals surface area contributed by atoms with Crippen LogP contribution >= 0.6 is 0 Å². The summed E-state index contributed by atoms with van der Waals surface area (Å²) in [6, 6.07) is 5.51. The highest BCUT2D eigenvalue weighted by molar-refractivity contribution is 5.94. The van der Waals surface area contributed by atoms with E-state index in [-0.39, 0.29) is 5.91 Å². The molecule has 0 aliphatic carbocycles. The van der Waals surface area contributed by atoms with E-state index in [9.17, 15) is 4.79 Å². The van der Waals surface area contributed by atoms with Gasteiger partial charge in [0.15, 0.2) is 0 Å². The van der Waals surface area contributed by atoms with Gasteiger partial charge in [0, 0.05) is 18.7 Å². The molecule has 1 amide bonds. The number of nitrogens with one attached hydrogen (secondary N) is 1. The number of benzene rings is 1. The zero-order valence-corrected chi connectivity index (χ0v) is 10.8. The molecule has 0 aliphatic heterocycles. The second kappa shape index (κ2) is 6.25. The molecule has 3 N–H and O–H groups in total. The van der Waals surface area contributed by atoms with Gasteiger partial charge in [-0.2, -0.15) is 0 Å². The highest BCUT2D eigenvalue weighted by Gasteiger charge is 2.13.